The van der Waals surface area contributed by atoms with Gasteiger partial charge in [-0.15, -0.1) is 0 Å². The maximum atomic E-state index is 3.42. The average molecular weight is 341 g/mol. The zero-order valence-electron chi connectivity index (χ0n) is 10.4. The van der Waals surface area contributed by atoms with Crippen LogP contribution in [-0.2, 0) is 6.42 Å². The number of nitrogens with one attached hydrogen (secondary N) is 1. The van der Waals surface area contributed by atoms with E-state index < -0.39 is 0 Å². The largest absolute Gasteiger partial charge is 0.319 e. The van der Waals surface area contributed by atoms with Crippen molar-refractivity contribution in [2.75, 3.05) is 13.6 Å². The van der Waals surface area contributed by atoms with Gasteiger partial charge in [-0.3, -0.25) is 0 Å². The Hall–Kier alpha value is -0.0900. The van der Waals surface area contributed by atoms with E-state index in [1.54, 1.807) is 0 Å². The van der Waals surface area contributed by atoms with E-state index in [9.17, 15) is 0 Å². The molecular weight excluding hydrogens is 321 g/mol. The van der Waals surface area contributed by atoms with Gasteiger partial charge in [0, 0.05) is 10.1 Å². The molecule has 2 aliphatic carbocycles. The molecule has 0 radical (unpaired) electrons. The maximum absolute atomic E-state index is 3.42. The van der Waals surface area contributed by atoms with Crippen molar-refractivity contribution >= 4 is 22.6 Å². The third kappa shape index (κ3) is 2.53. The Morgan fingerprint density at radius 3 is 2.47 bits per heavy atom. The topological polar surface area (TPSA) is 12.0 Å². The third-order valence-corrected chi connectivity index (χ3v) is 5.22. The molecule has 2 aliphatic rings. The van der Waals surface area contributed by atoms with E-state index in [1.807, 2.05) is 0 Å². The van der Waals surface area contributed by atoms with Gasteiger partial charge in [0.15, 0.2) is 0 Å². The number of benzene rings is 1. The first-order chi connectivity index (χ1) is 8.21. The van der Waals surface area contributed by atoms with Gasteiger partial charge in [-0.2, -0.15) is 0 Å². The molecule has 2 fully saturated rings. The van der Waals surface area contributed by atoms with E-state index in [-0.39, 0.29) is 0 Å². The van der Waals surface area contributed by atoms with Gasteiger partial charge in [0.05, 0.1) is 0 Å². The van der Waals surface area contributed by atoms with Crippen LogP contribution >= 0.6 is 22.6 Å². The molecule has 0 saturated heterocycles. The van der Waals surface area contributed by atoms with Crippen LogP contribution in [0, 0.1) is 20.8 Å². The van der Waals surface area contributed by atoms with E-state index in [4.69, 9.17) is 0 Å². The van der Waals surface area contributed by atoms with E-state index in [1.165, 1.54) is 41.4 Å². The van der Waals surface area contributed by atoms with Gasteiger partial charge in [-0.1, -0.05) is 12.1 Å². The molecular formula is C15H20IN. The van der Waals surface area contributed by atoms with Crippen molar-refractivity contribution in [2.24, 2.45) is 17.3 Å². The molecule has 2 heteroatoms. The second kappa shape index (κ2) is 4.54. The lowest BCUT2D eigenvalue weighted by Gasteiger charge is -2.31. The van der Waals surface area contributed by atoms with Crippen molar-refractivity contribution in [3.8, 4) is 0 Å². The highest BCUT2D eigenvalue weighted by atomic mass is 127. The summed E-state index contributed by atoms with van der Waals surface area (Å²) in [5, 5.41) is 3.42. The maximum Gasteiger partial charge on any atom is 0.0130 e. The first-order valence-corrected chi connectivity index (χ1v) is 7.68. The number of fused-ring (bicyclic) bond motifs is 1. The molecule has 1 aromatic rings. The lowest BCUT2D eigenvalue weighted by atomic mass is 9.77. The molecule has 2 saturated carbocycles. The quantitative estimate of drug-likeness (QED) is 0.827. The van der Waals surface area contributed by atoms with Gasteiger partial charge in [0.1, 0.15) is 0 Å². The first-order valence-electron chi connectivity index (χ1n) is 6.60. The second-order valence-electron chi connectivity index (χ2n) is 6.00. The van der Waals surface area contributed by atoms with Gasteiger partial charge >= 0.3 is 0 Å². The Bertz CT molecular complexity index is 388. The van der Waals surface area contributed by atoms with Gasteiger partial charge in [-0.25, -0.2) is 0 Å². The highest BCUT2D eigenvalue weighted by molar-refractivity contribution is 14.1. The number of rotatable bonds is 4. The Morgan fingerprint density at radius 1 is 1.24 bits per heavy atom. The van der Waals surface area contributed by atoms with Crippen molar-refractivity contribution in [3.63, 3.8) is 0 Å². The van der Waals surface area contributed by atoms with Crippen LogP contribution in [0.1, 0.15) is 24.8 Å². The van der Waals surface area contributed by atoms with Crippen molar-refractivity contribution in [2.45, 2.75) is 25.7 Å². The number of halogens is 1. The van der Waals surface area contributed by atoms with Gasteiger partial charge in [0.25, 0.3) is 0 Å². The molecule has 0 spiro atoms. The molecule has 2 atom stereocenters. The molecule has 0 aliphatic heterocycles. The Balaban J connectivity index is 1.74. The zero-order valence-corrected chi connectivity index (χ0v) is 12.5. The second-order valence-corrected chi connectivity index (χ2v) is 7.24. The fourth-order valence-electron chi connectivity index (χ4n) is 3.77. The molecule has 2 unspecified atom stereocenters. The molecule has 1 nitrogen and oxygen atoms in total. The van der Waals surface area contributed by atoms with Crippen LogP contribution in [0.25, 0.3) is 0 Å². The van der Waals surface area contributed by atoms with Crippen LogP contribution in [0.5, 0.6) is 0 Å². The molecule has 0 bridgehead atoms. The monoisotopic (exact) mass is 341 g/mol. The lowest BCUT2D eigenvalue weighted by Crippen LogP contribution is -2.33. The molecule has 0 aromatic heterocycles. The highest BCUT2D eigenvalue weighted by Crippen LogP contribution is 2.60. The predicted octanol–water partition coefficient (Wildman–Crippen LogP) is 3.47. The van der Waals surface area contributed by atoms with E-state index in [2.05, 4.69) is 59.2 Å². The van der Waals surface area contributed by atoms with Gasteiger partial charge in [0.2, 0.25) is 0 Å². The molecule has 3 rings (SSSR count). The smallest absolute Gasteiger partial charge is 0.0130 e. The summed E-state index contributed by atoms with van der Waals surface area (Å²) in [5.41, 5.74) is 2.07. The third-order valence-electron chi connectivity index (χ3n) is 4.50. The molecule has 92 valence electrons. The van der Waals surface area contributed by atoms with Gasteiger partial charge in [-0.05, 0) is 90.3 Å². The van der Waals surface area contributed by atoms with Crippen molar-refractivity contribution in [1.29, 1.82) is 0 Å². The summed E-state index contributed by atoms with van der Waals surface area (Å²) < 4.78 is 1.34. The Labute approximate surface area is 118 Å². The molecule has 17 heavy (non-hydrogen) atoms. The minimum Gasteiger partial charge on any atom is -0.319 e. The van der Waals surface area contributed by atoms with Crippen molar-refractivity contribution in [3.05, 3.63) is 33.4 Å². The molecule has 1 N–H and O–H groups in total. The van der Waals surface area contributed by atoms with E-state index in [0.717, 1.165) is 11.8 Å². The minimum atomic E-state index is 0.551. The zero-order chi connectivity index (χ0) is 11.9. The van der Waals surface area contributed by atoms with Crippen molar-refractivity contribution in [1.82, 2.24) is 5.32 Å². The Morgan fingerprint density at radius 2 is 1.88 bits per heavy atom. The fraction of sp³-hybridized carbons (Fsp3) is 0.600. The number of hydrogen-bond acceptors (Lipinski definition) is 1. The van der Waals surface area contributed by atoms with Crippen LogP contribution in [0.3, 0.4) is 0 Å². The molecule has 1 aromatic carbocycles. The summed E-state index contributed by atoms with van der Waals surface area (Å²) in [5.74, 6) is 2.12. The highest BCUT2D eigenvalue weighted by Gasteiger charge is 2.53. The van der Waals surface area contributed by atoms with Crippen LogP contribution < -0.4 is 5.32 Å². The predicted molar refractivity (Wildman–Crippen MR) is 80.1 cm³/mol. The van der Waals surface area contributed by atoms with E-state index >= 15 is 0 Å². The summed E-state index contributed by atoms with van der Waals surface area (Å²) in [4.78, 5) is 0. The molecule has 0 heterocycles. The Kier molecular flexibility index (Phi) is 3.20. The summed E-state index contributed by atoms with van der Waals surface area (Å²) in [6, 6.07) is 9.09. The van der Waals surface area contributed by atoms with E-state index in [0.29, 0.717) is 5.41 Å². The van der Waals surface area contributed by atoms with Crippen LogP contribution in [0.2, 0.25) is 0 Å². The minimum absolute atomic E-state index is 0.551. The summed E-state index contributed by atoms with van der Waals surface area (Å²) in [6.45, 7) is 1.19. The average Bonchev–Trinajstić information content (AvgIpc) is 2.91. The number of hydrogen-bond donors (Lipinski definition) is 1. The fourth-order valence-corrected chi connectivity index (χ4v) is 4.13. The van der Waals surface area contributed by atoms with Crippen molar-refractivity contribution < 1.29 is 0 Å². The standard InChI is InChI=1S/C15H20IN/c1-17-10-15(8-12-6-13(12)9-15)7-11-2-4-14(16)5-3-11/h2-5,12-13,17H,6-10H2,1H3. The lowest BCUT2D eigenvalue weighted by molar-refractivity contribution is 0.255. The normalized spacial score (nSPS) is 34.7. The van der Waals surface area contributed by atoms with Crippen LogP contribution in [-0.4, -0.2) is 13.6 Å². The van der Waals surface area contributed by atoms with Crippen LogP contribution in [0.4, 0.5) is 0 Å². The summed E-state index contributed by atoms with van der Waals surface area (Å²) in [7, 11) is 2.10. The molecule has 0 amide bonds. The summed E-state index contributed by atoms with van der Waals surface area (Å²) >= 11 is 2.38. The first kappa shape index (κ1) is 12.0. The summed E-state index contributed by atoms with van der Waals surface area (Å²) in [6.07, 6.45) is 5.67. The van der Waals surface area contributed by atoms with Crippen LogP contribution in [0.15, 0.2) is 24.3 Å². The van der Waals surface area contributed by atoms with Gasteiger partial charge < -0.3 is 5.32 Å². The SMILES string of the molecule is CNCC1(Cc2ccc(I)cc2)CC2CC2C1.